The standard InChI is InChI=1S/C44H60F2N8O10/c1-43(2,3)38(34-20-27(29-21-28(45)12-13-30(29)46)24-53(34)23-26-10-8-7-9-11-26)54(36(57)25-55)19-16-33(51-39(60)31(47)22-35(48)56)41(62)50-18-17-49-40(61)32(14-15-37(58)59)52-42(63)64-44(4,5)6/h7-13,20-21,24,31-33,38,55H,14-19,22-23,25,47H2,1-6H3,(H2,48,56)(H,49,61)(H,50,62)(H,51,60)(H,52,63)(H,58,59)/t31-,32+,33-,38-/m0/s1. The molecule has 20 heteroatoms. The molecule has 1 heterocycles. The van der Waals surface area contributed by atoms with Gasteiger partial charge in [0.05, 0.1) is 18.5 Å². The molecule has 2 aromatic carbocycles. The summed E-state index contributed by atoms with van der Waals surface area (Å²) < 4.78 is 36.7. The van der Waals surface area contributed by atoms with Gasteiger partial charge in [-0.25, -0.2) is 13.6 Å². The van der Waals surface area contributed by atoms with E-state index in [2.05, 4.69) is 21.3 Å². The Morgan fingerprint density at radius 3 is 2.00 bits per heavy atom. The van der Waals surface area contributed by atoms with Gasteiger partial charge in [-0.3, -0.25) is 28.8 Å². The summed E-state index contributed by atoms with van der Waals surface area (Å²) in [6, 6.07) is 8.86. The molecule has 3 rings (SSSR count). The Morgan fingerprint density at radius 1 is 0.844 bits per heavy atom. The van der Waals surface area contributed by atoms with Crippen LogP contribution < -0.4 is 32.7 Å². The molecule has 0 bridgehead atoms. The monoisotopic (exact) mass is 898 g/mol. The number of benzene rings is 2. The second-order valence-electron chi connectivity index (χ2n) is 17.2. The predicted molar refractivity (Wildman–Crippen MR) is 231 cm³/mol. The van der Waals surface area contributed by atoms with Crippen molar-refractivity contribution in [2.75, 3.05) is 26.2 Å². The van der Waals surface area contributed by atoms with Crippen LogP contribution in [0.4, 0.5) is 13.6 Å². The molecule has 350 valence electrons. The highest BCUT2D eigenvalue weighted by atomic mass is 19.1. The van der Waals surface area contributed by atoms with Crippen LogP contribution in [-0.2, 0) is 40.0 Å². The number of halogens is 2. The number of primary amides is 1. The molecule has 0 aliphatic heterocycles. The van der Waals surface area contributed by atoms with E-state index in [1.807, 2.05) is 51.1 Å². The van der Waals surface area contributed by atoms with Crippen molar-refractivity contribution in [2.24, 2.45) is 16.9 Å². The SMILES string of the molecule is CC(C)(C)OC(=O)N[C@H](CCC(=O)O)C(=O)NCCNC(=O)[C@H](CCN(C(=O)CO)[C@@H](c1cc(-c2cc(F)ccc2F)cn1Cc1ccccc1)C(C)(C)C)NC(=O)[C@@H](N)CC(N)=O. The number of nitrogens with one attached hydrogen (secondary N) is 4. The normalized spacial score (nSPS) is 13.4. The predicted octanol–water partition coefficient (Wildman–Crippen LogP) is 2.46. The maximum Gasteiger partial charge on any atom is 0.408 e. The van der Waals surface area contributed by atoms with E-state index in [9.17, 15) is 43.1 Å². The second kappa shape index (κ2) is 23.3. The number of aromatic nitrogens is 1. The van der Waals surface area contributed by atoms with Crippen molar-refractivity contribution < 1.29 is 57.3 Å². The Hall–Kier alpha value is -6.41. The lowest BCUT2D eigenvalue weighted by atomic mass is 9.82. The van der Waals surface area contributed by atoms with Crippen LogP contribution in [0.2, 0.25) is 0 Å². The molecule has 0 aliphatic rings. The van der Waals surface area contributed by atoms with Crippen molar-refractivity contribution >= 4 is 41.6 Å². The number of carbonyl (C=O) groups is 7. The molecule has 0 fully saturated rings. The number of carboxylic acids is 1. The van der Waals surface area contributed by atoms with Gasteiger partial charge in [0.1, 0.15) is 35.9 Å². The summed E-state index contributed by atoms with van der Waals surface area (Å²) in [4.78, 5) is 90.3. The number of carboxylic acid groups (broad SMARTS) is 1. The first-order valence-corrected chi connectivity index (χ1v) is 20.6. The van der Waals surface area contributed by atoms with Gasteiger partial charge in [0, 0.05) is 55.6 Å². The Balaban J connectivity index is 1.95. The van der Waals surface area contributed by atoms with E-state index in [-0.39, 0.29) is 44.6 Å². The lowest BCUT2D eigenvalue weighted by molar-refractivity contribution is -0.140. The zero-order valence-corrected chi connectivity index (χ0v) is 36.9. The molecule has 0 saturated heterocycles. The molecule has 10 N–H and O–H groups in total. The Kier molecular flexibility index (Phi) is 18.9. The van der Waals surface area contributed by atoms with E-state index in [0.29, 0.717) is 11.3 Å². The molecule has 0 saturated carbocycles. The number of rotatable bonds is 22. The summed E-state index contributed by atoms with van der Waals surface area (Å²) in [6.45, 7) is 8.85. The van der Waals surface area contributed by atoms with Gasteiger partial charge in [0.15, 0.2) is 0 Å². The fraction of sp³-hybridized carbons (Fsp3) is 0.477. The van der Waals surface area contributed by atoms with Crippen molar-refractivity contribution in [1.29, 1.82) is 0 Å². The zero-order valence-electron chi connectivity index (χ0n) is 36.9. The van der Waals surface area contributed by atoms with E-state index in [0.717, 1.165) is 23.8 Å². The average Bonchev–Trinajstić information content (AvgIpc) is 3.60. The quantitative estimate of drug-likeness (QED) is 0.0679. The Morgan fingerprint density at radius 2 is 1.45 bits per heavy atom. The highest BCUT2D eigenvalue weighted by Crippen LogP contribution is 2.41. The third-order valence-corrected chi connectivity index (χ3v) is 9.66. The van der Waals surface area contributed by atoms with Gasteiger partial charge in [-0.05, 0) is 68.9 Å². The number of aliphatic hydroxyl groups is 1. The van der Waals surface area contributed by atoms with Crippen molar-refractivity contribution in [2.45, 2.75) is 104 Å². The van der Waals surface area contributed by atoms with Gasteiger partial charge >= 0.3 is 12.1 Å². The molecular formula is C44H60F2N8O10. The van der Waals surface area contributed by atoms with Crippen molar-refractivity contribution in [3.05, 3.63) is 83.7 Å². The number of amides is 6. The first-order valence-electron chi connectivity index (χ1n) is 20.6. The first-order chi connectivity index (χ1) is 29.9. The van der Waals surface area contributed by atoms with Crippen LogP contribution >= 0.6 is 0 Å². The Labute approximate surface area is 370 Å². The van der Waals surface area contributed by atoms with E-state index < -0.39 is 108 Å². The highest BCUT2D eigenvalue weighted by Gasteiger charge is 2.38. The smallest absolute Gasteiger partial charge is 0.408 e. The number of hydrogen-bond acceptors (Lipinski definition) is 10. The number of nitrogens with two attached hydrogens (primary N) is 2. The van der Waals surface area contributed by atoms with Crippen LogP contribution in [0.5, 0.6) is 0 Å². The molecule has 0 spiro atoms. The molecule has 3 aromatic rings. The Bertz CT molecular complexity index is 2120. The van der Waals surface area contributed by atoms with Crippen LogP contribution in [0.1, 0.15) is 84.5 Å². The summed E-state index contributed by atoms with van der Waals surface area (Å²) in [6.07, 6.45) is -0.884. The lowest BCUT2D eigenvalue weighted by Gasteiger charge is -2.41. The molecule has 0 radical (unpaired) electrons. The number of nitrogens with zero attached hydrogens (tertiary/aromatic N) is 2. The van der Waals surface area contributed by atoms with E-state index >= 15 is 4.39 Å². The lowest BCUT2D eigenvalue weighted by Crippen LogP contribution is -2.55. The number of aliphatic carboxylic acids is 1. The first kappa shape index (κ1) is 51.9. The molecular weight excluding hydrogens is 839 g/mol. The van der Waals surface area contributed by atoms with Gasteiger partial charge in [-0.15, -0.1) is 0 Å². The number of hydrogen-bond donors (Lipinski definition) is 8. The molecule has 1 aromatic heterocycles. The van der Waals surface area contributed by atoms with Crippen LogP contribution in [0, 0.1) is 17.0 Å². The molecule has 64 heavy (non-hydrogen) atoms. The fourth-order valence-electron chi connectivity index (χ4n) is 6.83. The number of alkyl carbamates (subject to hydrolysis) is 1. The van der Waals surface area contributed by atoms with Crippen LogP contribution in [0.3, 0.4) is 0 Å². The van der Waals surface area contributed by atoms with E-state index in [1.165, 1.54) is 4.90 Å². The topological polar surface area (TPSA) is 278 Å². The van der Waals surface area contributed by atoms with Crippen LogP contribution in [0.25, 0.3) is 11.1 Å². The minimum atomic E-state index is -1.45. The third kappa shape index (κ3) is 16.4. The van der Waals surface area contributed by atoms with Gasteiger partial charge < -0.3 is 57.2 Å². The molecule has 0 aliphatic carbocycles. The molecule has 4 atom stereocenters. The van der Waals surface area contributed by atoms with Crippen LogP contribution in [0.15, 0.2) is 60.8 Å². The largest absolute Gasteiger partial charge is 0.481 e. The van der Waals surface area contributed by atoms with E-state index in [4.69, 9.17) is 21.3 Å². The highest BCUT2D eigenvalue weighted by molar-refractivity contribution is 5.92. The van der Waals surface area contributed by atoms with Gasteiger partial charge in [-0.2, -0.15) is 0 Å². The van der Waals surface area contributed by atoms with Gasteiger partial charge in [0.2, 0.25) is 29.5 Å². The summed E-state index contributed by atoms with van der Waals surface area (Å²) in [5, 5.41) is 29.4. The summed E-state index contributed by atoms with van der Waals surface area (Å²) in [5.41, 5.74) is 11.0. The van der Waals surface area contributed by atoms with Gasteiger partial charge in [-0.1, -0.05) is 51.1 Å². The number of ether oxygens (including phenoxy) is 1. The van der Waals surface area contributed by atoms with Gasteiger partial charge in [0.25, 0.3) is 0 Å². The number of carbonyl (C=O) groups excluding carboxylic acids is 6. The summed E-state index contributed by atoms with van der Waals surface area (Å²) in [7, 11) is 0. The molecule has 18 nitrogen and oxygen atoms in total. The molecule has 0 unspecified atom stereocenters. The summed E-state index contributed by atoms with van der Waals surface area (Å²) >= 11 is 0. The zero-order chi connectivity index (χ0) is 47.9. The number of aliphatic hydroxyl groups excluding tert-OH is 1. The third-order valence-electron chi connectivity index (χ3n) is 9.66. The molecule has 6 amide bonds. The van der Waals surface area contributed by atoms with Crippen LogP contribution in [-0.4, -0.2) is 111 Å². The second-order valence-corrected chi connectivity index (χ2v) is 17.2. The summed E-state index contributed by atoms with van der Waals surface area (Å²) in [5.74, 6) is -6.70. The maximum absolute atomic E-state index is 15.2. The maximum atomic E-state index is 15.2. The van der Waals surface area contributed by atoms with Crippen molar-refractivity contribution in [3.8, 4) is 11.1 Å². The minimum absolute atomic E-state index is 0.0289. The minimum Gasteiger partial charge on any atom is -0.481 e. The average molecular weight is 899 g/mol. The fourth-order valence-corrected chi connectivity index (χ4v) is 6.83. The van der Waals surface area contributed by atoms with Crippen molar-refractivity contribution in [1.82, 2.24) is 30.7 Å². The van der Waals surface area contributed by atoms with E-state index in [1.54, 1.807) is 37.6 Å². The van der Waals surface area contributed by atoms with Crippen molar-refractivity contribution in [3.63, 3.8) is 0 Å².